The maximum absolute atomic E-state index is 14.3. The number of amides is 2. The summed E-state index contributed by atoms with van der Waals surface area (Å²) in [7, 11) is 0. The lowest BCUT2D eigenvalue weighted by Crippen LogP contribution is -2.29. The molecule has 182 valence electrons. The highest BCUT2D eigenvalue weighted by Gasteiger charge is 2.60. The largest absolute Gasteiger partial charge is 0.365 e. The van der Waals surface area contributed by atoms with E-state index in [0.717, 1.165) is 55.6 Å². The molecule has 6 nitrogen and oxygen atoms in total. The first-order chi connectivity index (χ1) is 18.7. The number of hydrogen-bond donors (Lipinski definition) is 0. The molecule has 4 atom stereocenters. The maximum atomic E-state index is 14.3. The molecule has 38 heavy (non-hydrogen) atoms. The molecule has 2 bridgehead atoms. The van der Waals surface area contributed by atoms with Gasteiger partial charge in [0, 0.05) is 32.6 Å². The molecule has 2 aromatic heterocycles. The molecule has 6 heteroatoms. The Morgan fingerprint density at radius 3 is 1.71 bits per heavy atom. The Kier molecular flexibility index (Phi) is 3.28. The van der Waals surface area contributed by atoms with Crippen molar-refractivity contribution in [3.05, 3.63) is 95.6 Å². The average molecular weight is 496 g/mol. The van der Waals surface area contributed by atoms with Crippen molar-refractivity contribution in [3.8, 4) is 0 Å². The summed E-state index contributed by atoms with van der Waals surface area (Å²) in [5, 5.41) is 3.88. The van der Waals surface area contributed by atoms with Crippen molar-refractivity contribution in [3.63, 3.8) is 0 Å². The third-order valence-electron chi connectivity index (χ3n) is 9.36. The number of benzene rings is 4. The summed E-state index contributed by atoms with van der Waals surface area (Å²) >= 11 is 0. The number of carbonyl (C=O) groups excluding carboxylic acids is 2. The first kappa shape index (κ1) is 19.7. The summed E-state index contributed by atoms with van der Waals surface area (Å²) < 4.78 is 11.2. The van der Waals surface area contributed by atoms with Gasteiger partial charge in [0.1, 0.15) is 12.2 Å². The second-order valence-corrected chi connectivity index (χ2v) is 11.1. The summed E-state index contributed by atoms with van der Waals surface area (Å²) in [6, 6.07) is 26.9. The van der Waals surface area contributed by atoms with Gasteiger partial charge in [0.2, 0.25) is 0 Å². The minimum absolute atomic E-state index is 0.184. The molecule has 5 heterocycles. The van der Waals surface area contributed by atoms with Gasteiger partial charge in [-0.05, 0) is 24.1 Å². The molecule has 2 amide bonds. The van der Waals surface area contributed by atoms with Crippen LogP contribution in [0.25, 0.3) is 43.6 Å². The molecular weight excluding hydrogens is 474 g/mol. The van der Waals surface area contributed by atoms with Gasteiger partial charge in [-0.3, -0.25) is 14.5 Å². The number of fused-ring (bicyclic) bond motifs is 11. The van der Waals surface area contributed by atoms with Crippen LogP contribution in [-0.4, -0.2) is 38.1 Å². The third kappa shape index (κ3) is 2.07. The highest BCUT2D eigenvalue weighted by molar-refractivity contribution is 6.39. The Morgan fingerprint density at radius 2 is 1.16 bits per heavy atom. The van der Waals surface area contributed by atoms with E-state index in [0.29, 0.717) is 11.1 Å². The Balaban J connectivity index is 1.42. The van der Waals surface area contributed by atoms with E-state index in [1.54, 1.807) is 0 Å². The van der Waals surface area contributed by atoms with E-state index in [2.05, 4.69) is 45.5 Å². The topological polar surface area (TPSA) is 59.8 Å². The zero-order valence-corrected chi connectivity index (χ0v) is 20.3. The van der Waals surface area contributed by atoms with Crippen molar-refractivity contribution in [2.24, 2.45) is 0 Å². The van der Waals surface area contributed by atoms with Crippen LogP contribution < -0.4 is 0 Å². The number of rotatable bonds is 2. The van der Waals surface area contributed by atoms with Gasteiger partial charge in [-0.1, -0.05) is 66.7 Å². The van der Waals surface area contributed by atoms with E-state index in [9.17, 15) is 9.59 Å². The minimum Gasteiger partial charge on any atom is -0.365 e. The minimum atomic E-state index is -0.203. The molecule has 2 fully saturated rings. The SMILES string of the molecule is O=C1c2c(c3c4ccccc4n4c3c3c2c2ccccc2n3[C@@H]2C[C@H]4[C@H]3O[C@H]32)C(=O)N1Cc1ccccc1. The second kappa shape index (κ2) is 6.34. The van der Waals surface area contributed by atoms with Crippen molar-refractivity contribution >= 4 is 55.4 Å². The van der Waals surface area contributed by atoms with Crippen molar-refractivity contribution in [1.29, 1.82) is 0 Å². The lowest BCUT2D eigenvalue weighted by molar-refractivity contribution is 0.0643. The van der Waals surface area contributed by atoms with E-state index in [4.69, 9.17) is 4.74 Å². The quantitative estimate of drug-likeness (QED) is 0.220. The smallest absolute Gasteiger partial charge is 0.262 e. The second-order valence-electron chi connectivity index (χ2n) is 11.1. The molecule has 0 spiro atoms. The fourth-order valence-electron chi connectivity index (χ4n) is 7.91. The highest BCUT2D eigenvalue weighted by atomic mass is 16.6. The van der Waals surface area contributed by atoms with Crippen LogP contribution in [0.1, 0.15) is 44.8 Å². The predicted molar refractivity (Wildman–Crippen MR) is 144 cm³/mol. The number of carbonyl (C=O) groups is 2. The molecule has 1 saturated carbocycles. The molecule has 4 aromatic carbocycles. The summed E-state index contributed by atoms with van der Waals surface area (Å²) in [5.74, 6) is -0.407. The lowest BCUT2D eigenvalue weighted by Gasteiger charge is -2.17. The first-order valence-electron chi connectivity index (χ1n) is 13.3. The van der Waals surface area contributed by atoms with Gasteiger partial charge in [-0.2, -0.15) is 0 Å². The molecule has 4 aliphatic rings. The van der Waals surface area contributed by atoms with Crippen LogP contribution in [0.15, 0.2) is 78.9 Å². The van der Waals surface area contributed by atoms with Crippen LogP contribution in [0, 0.1) is 0 Å². The van der Waals surface area contributed by atoms with Gasteiger partial charge in [0.25, 0.3) is 11.8 Å². The van der Waals surface area contributed by atoms with E-state index in [-0.39, 0.29) is 42.7 Å². The number of aromatic nitrogens is 2. The summed E-state index contributed by atoms with van der Waals surface area (Å²) in [6.07, 6.45) is 1.35. The number of hydrogen-bond acceptors (Lipinski definition) is 3. The van der Waals surface area contributed by atoms with E-state index < -0.39 is 0 Å². The molecule has 6 aromatic rings. The summed E-state index contributed by atoms with van der Waals surface area (Å²) in [5.41, 5.74) is 6.40. The Morgan fingerprint density at radius 1 is 0.658 bits per heavy atom. The molecule has 1 saturated heterocycles. The van der Waals surface area contributed by atoms with Gasteiger partial charge in [-0.25, -0.2) is 0 Å². The molecule has 0 unspecified atom stereocenters. The van der Waals surface area contributed by atoms with Gasteiger partial charge in [0.05, 0.1) is 40.8 Å². The monoisotopic (exact) mass is 495 g/mol. The molecule has 0 radical (unpaired) electrons. The Labute approximate surface area is 216 Å². The fourth-order valence-corrected chi connectivity index (χ4v) is 7.91. The number of imide groups is 1. The molecule has 3 aliphatic heterocycles. The standard InChI is InChI=1S/C32H21N3O3/c36-31-25-23-17-10-4-6-12-19(17)34-21-14-22(30-29(21)38-30)35-20-13-7-5-11-18(20)24(28(35)27(23)34)26(25)32(37)33(31)15-16-8-2-1-3-9-16/h1-13,21-22,29-30H,14-15H2/t21-,22+,29+,30-. The maximum Gasteiger partial charge on any atom is 0.262 e. The third-order valence-corrected chi connectivity index (χ3v) is 9.36. The van der Waals surface area contributed by atoms with Crippen molar-refractivity contribution in [2.75, 3.05) is 0 Å². The van der Waals surface area contributed by atoms with Crippen molar-refractivity contribution in [2.45, 2.75) is 37.3 Å². The zero-order valence-electron chi connectivity index (χ0n) is 20.3. The van der Waals surface area contributed by atoms with Crippen LogP contribution in [0.4, 0.5) is 0 Å². The van der Waals surface area contributed by atoms with E-state index >= 15 is 0 Å². The van der Waals surface area contributed by atoms with Gasteiger partial charge < -0.3 is 13.9 Å². The molecule has 0 N–H and O–H groups in total. The lowest BCUT2D eigenvalue weighted by atomic mass is 9.96. The van der Waals surface area contributed by atoms with Gasteiger partial charge in [-0.15, -0.1) is 0 Å². The fraction of sp³-hybridized carbons (Fsp3) is 0.188. The summed E-state index contributed by atoms with van der Waals surface area (Å²) in [6.45, 7) is 0.261. The molecule has 10 rings (SSSR count). The van der Waals surface area contributed by atoms with Crippen molar-refractivity contribution in [1.82, 2.24) is 14.0 Å². The van der Waals surface area contributed by atoms with Gasteiger partial charge in [0.15, 0.2) is 0 Å². The molecule has 1 aliphatic carbocycles. The Bertz CT molecular complexity index is 1960. The van der Waals surface area contributed by atoms with Crippen molar-refractivity contribution < 1.29 is 14.3 Å². The predicted octanol–water partition coefficient (Wildman–Crippen LogP) is 5.97. The van der Waals surface area contributed by atoms with Crippen LogP contribution in [0.2, 0.25) is 0 Å². The van der Waals surface area contributed by atoms with Crippen LogP contribution >= 0.6 is 0 Å². The van der Waals surface area contributed by atoms with Crippen LogP contribution in [-0.2, 0) is 11.3 Å². The average Bonchev–Trinajstić information content (AvgIpc) is 3.34. The Hall–Kier alpha value is -4.42. The number of nitrogens with zero attached hydrogens (tertiary/aromatic N) is 3. The zero-order chi connectivity index (χ0) is 24.9. The normalized spacial score (nSPS) is 24.8. The number of para-hydroxylation sites is 2. The van der Waals surface area contributed by atoms with E-state index in [1.165, 1.54) is 4.90 Å². The highest BCUT2D eigenvalue weighted by Crippen LogP contribution is 2.59. The molecular formula is C32H21N3O3. The number of epoxide rings is 1. The van der Waals surface area contributed by atoms with E-state index in [1.807, 2.05) is 42.5 Å². The number of ether oxygens (including phenoxy) is 1. The summed E-state index contributed by atoms with van der Waals surface area (Å²) in [4.78, 5) is 30.0. The van der Waals surface area contributed by atoms with Crippen LogP contribution in [0.3, 0.4) is 0 Å². The van der Waals surface area contributed by atoms with Crippen LogP contribution in [0.5, 0.6) is 0 Å². The van der Waals surface area contributed by atoms with Gasteiger partial charge >= 0.3 is 0 Å². The first-order valence-corrected chi connectivity index (χ1v) is 13.3.